The van der Waals surface area contributed by atoms with E-state index in [2.05, 4.69) is 10.4 Å². The minimum absolute atomic E-state index is 0.0112. The number of hydrogen-bond acceptors (Lipinski definition) is 6. The number of halogens is 3. The first-order valence-corrected chi connectivity index (χ1v) is 14.1. The number of hydrogen-bond donors (Lipinski definition) is 2. The third kappa shape index (κ3) is 7.65. The van der Waals surface area contributed by atoms with Crippen molar-refractivity contribution in [2.75, 3.05) is 37.7 Å². The van der Waals surface area contributed by atoms with Crippen LogP contribution in [-0.4, -0.2) is 76.4 Å². The predicted molar refractivity (Wildman–Crippen MR) is 150 cm³/mol. The number of ether oxygens (including phenoxy) is 1. The number of piperazine rings is 1. The third-order valence-corrected chi connectivity index (χ3v) is 7.45. The van der Waals surface area contributed by atoms with Crippen molar-refractivity contribution < 1.29 is 37.4 Å². The quantitative estimate of drug-likeness (QED) is 0.342. The minimum Gasteiger partial charge on any atom is -0.481 e. The summed E-state index contributed by atoms with van der Waals surface area (Å²) in [6.07, 6.45) is -2.81. The van der Waals surface area contributed by atoms with Gasteiger partial charge < -0.3 is 25.0 Å². The van der Waals surface area contributed by atoms with Crippen LogP contribution in [0.5, 0.6) is 5.88 Å². The molecule has 3 aromatic rings. The molecule has 0 spiro atoms. The van der Waals surface area contributed by atoms with Gasteiger partial charge in [-0.3, -0.25) is 14.4 Å². The molecule has 2 amide bonds. The number of nitrogens with one attached hydrogen (secondary N) is 1. The summed E-state index contributed by atoms with van der Waals surface area (Å²) in [5.74, 6) is -1.40. The first-order chi connectivity index (χ1) is 20.6. The van der Waals surface area contributed by atoms with Crippen LogP contribution in [0.4, 0.5) is 18.9 Å². The average molecular weight is 600 g/mol. The van der Waals surface area contributed by atoms with Crippen LogP contribution >= 0.6 is 0 Å². The van der Waals surface area contributed by atoms with Gasteiger partial charge in [0.15, 0.2) is 5.69 Å². The van der Waals surface area contributed by atoms with Gasteiger partial charge in [0.1, 0.15) is 6.04 Å². The fraction of sp³-hybridized carbons (Fsp3) is 0.400. The number of carbonyl (C=O) groups is 3. The Morgan fingerprint density at radius 1 is 0.977 bits per heavy atom. The molecular formula is C30H32F3N5O5. The van der Waals surface area contributed by atoms with E-state index in [1.165, 1.54) is 21.7 Å². The Hall–Kier alpha value is -4.55. The van der Waals surface area contributed by atoms with Crippen molar-refractivity contribution in [2.24, 2.45) is 5.92 Å². The zero-order valence-corrected chi connectivity index (χ0v) is 23.3. The summed E-state index contributed by atoms with van der Waals surface area (Å²) in [6, 6.07) is 14.5. The lowest BCUT2D eigenvalue weighted by Gasteiger charge is -2.37. The Bertz CT molecular complexity index is 1450. The van der Waals surface area contributed by atoms with Gasteiger partial charge in [-0.1, -0.05) is 24.3 Å². The molecule has 0 bridgehead atoms. The lowest BCUT2D eigenvalue weighted by molar-refractivity contribution is -0.138. The maximum absolute atomic E-state index is 13.5. The van der Waals surface area contributed by atoms with E-state index in [4.69, 9.17) is 4.74 Å². The molecule has 13 heteroatoms. The Balaban J connectivity index is 1.27. The normalized spacial score (nSPS) is 16.1. The van der Waals surface area contributed by atoms with Crippen LogP contribution in [0.15, 0.2) is 60.7 Å². The van der Waals surface area contributed by atoms with Gasteiger partial charge in [0, 0.05) is 44.4 Å². The number of alkyl halides is 3. The largest absolute Gasteiger partial charge is 0.481 e. The number of benzene rings is 2. The molecule has 228 valence electrons. The van der Waals surface area contributed by atoms with Crippen molar-refractivity contribution in [3.8, 4) is 11.6 Å². The first kappa shape index (κ1) is 29.9. The lowest BCUT2D eigenvalue weighted by Crippen LogP contribution is -2.55. The van der Waals surface area contributed by atoms with Crippen LogP contribution in [0.2, 0.25) is 0 Å². The molecule has 1 aliphatic carbocycles. The van der Waals surface area contributed by atoms with Crippen LogP contribution in [0.1, 0.15) is 41.7 Å². The molecule has 2 heterocycles. The Morgan fingerprint density at radius 2 is 1.67 bits per heavy atom. The van der Waals surface area contributed by atoms with Gasteiger partial charge in [-0.15, -0.1) is 0 Å². The fourth-order valence-electron chi connectivity index (χ4n) is 4.86. The number of rotatable bonds is 11. The number of carboxylic acids is 1. The van der Waals surface area contributed by atoms with E-state index >= 15 is 0 Å². The van der Waals surface area contributed by atoms with Crippen molar-refractivity contribution in [1.82, 2.24) is 20.0 Å². The molecule has 5 rings (SSSR count). The molecule has 2 fully saturated rings. The van der Waals surface area contributed by atoms with Gasteiger partial charge in [0.2, 0.25) is 11.8 Å². The number of para-hydroxylation sites is 1. The van der Waals surface area contributed by atoms with Crippen LogP contribution in [-0.2, 0) is 15.8 Å². The van der Waals surface area contributed by atoms with E-state index in [0.717, 1.165) is 25.0 Å². The number of carboxylic acid groups (broad SMARTS) is 1. The number of anilines is 1. The number of nitrogens with zero attached hydrogens (tertiary/aromatic N) is 4. The zero-order valence-electron chi connectivity index (χ0n) is 23.3. The molecule has 2 aliphatic rings. The maximum atomic E-state index is 13.5. The number of carbonyl (C=O) groups excluding carboxylic acids is 2. The third-order valence-electron chi connectivity index (χ3n) is 7.45. The summed E-state index contributed by atoms with van der Waals surface area (Å²) in [6.45, 7) is 1.42. The topological polar surface area (TPSA) is 117 Å². The minimum atomic E-state index is -4.47. The summed E-state index contributed by atoms with van der Waals surface area (Å²) >= 11 is 0. The Morgan fingerprint density at radius 3 is 2.33 bits per heavy atom. The van der Waals surface area contributed by atoms with Crippen LogP contribution < -0.4 is 15.0 Å². The summed E-state index contributed by atoms with van der Waals surface area (Å²) in [5, 5.41) is 16.3. The standard InChI is InChI=1S/C30H32F3N5O5/c31-30(32,33)21-5-4-8-23(17-21)36-13-15-37(16-14-36)29(42)24(11-12-27(39)40)34-28(41)25-18-26(43-19-20-9-10-20)38(35-25)22-6-2-1-3-7-22/h1-8,17-18,20,24H,9-16,19H2,(H,34,41)(H,39,40). The van der Waals surface area contributed by atoms with Gasteiger partial charge in [-0.2, -0.15) is 18.3 Å². The molecule has 2 aromatic carbocycles. The van der Waals surface area contributed by atoms with Crippen LogP contribution in [0, 0.1) is 5.92 Å². The van der Waals surface area contributed by atoms with Gasteiger partial charge in [-0.05, 0) is 55.5 Å². The molecule has 1 aliphatic heterocycles. The van der Waals surface area contributed by atoms with Crippen molar-refractivity contribution >= 4 is 23.5 Å². The molecule has 2 N–H and O–H groups in total. The van der Waals surface area contributed by atoms with Gasteiger partial charge >= 0.3 is 12.1 Å². The van der Waals surface area contributed by atoms with Crippen molar-refractivity contribution in [3.63, 3.8) is 0 Å². The second-order valence-corrected chi connectivity index (χ2v) is 10.7. The highest BCUT2D eigenvalue weighted by atomic mass is 19.4. The molecular weight excluding hydrogens is 567 g/mol. The smallest absolute Gasteiger partial charge is 0.416 e. The highest BCUT2D eigenvalue weighted by molar-refractivity contribution is 5.96. The van der Waals surface area contributed by atoms with Gasteiger partial charge in [0.05, 0.1) is 17.9 Å². The van der Waals surface area contributed by atoms with Crippen molar-refractivity contribution in [2.45, 2.75) is 37.9 Å². The summed E-state index contributed by atoms with van der Waals surface area (Å²) < 4.78 is 47.0. The van der Waals surface area contributed by atoms with Crippen molar-refractivity contribution in [1.29, 1.82) is 0 Å². The molecule has 43 heavy (non-hydrogen) atoms. The molecule has 0 radical (unpaired) electrons. The Kier molecular flexibility index (Phi) is 8.88. The monoisotopic (exact) mass is 599 g/mol. The van der Waals surface area contributed by atoms with E-state index in [1.54, 1.807) is 11.0 Å². The van der Waals surface area contributed by atoms with E-state index in [-0.39, 0.29) is 44.7 Å². The molecule has 1 saturated heterocycles. The molecule has 1 aromatic heterocycles. The number of aliphatic carboxylic acids is 1. The van der Waals surface area contributed by atoms with E-state index in [0.29, 0.717) is 29.8 Å². The Labute approximate surface area is 246 Å². The fourth-order valence-corrected chi connectivity index (χ4v) is 4.86. The summed E-state index contributed by atoms with van der Waals surface area (Å²) in [5.41, 5.74) is 0.337. The number of amides is 2. The maximum Gasteiger partial charge on any atom is 0.416 e. The molecule has 1 saturated carbocycles. The highest BCUT2D eigenvalue weighted by Gasteiger charge is 2.33. The molecule has 10 nitrogen and oxygen atoms in total. The zero-order chi connectivity index (χ0) is 30.6. The molecule has 1 unspecified atom stereocenters. The van der Waals surface area contributed by atoms with Crippen LogP contribution in [0.3, 0.4) is 0 Å². The summed E-state index contributed by atoms with van der Waals surface area (Å²) in [4.78, 5) is 41.4. The lowest BCUT2D eigenvalue weighted by atomic mass is 10.1. The summed E-state index contributed by atoms with van der Waals surface area (Å²) in [7, 11) is 0. The van der Waals surface area contributed by atoms with E-state index in [1.807, 2.05) is 30.3 Å². The highest BCUT2D eigenvalue weighted by Crippen LogP contribution is 2.32. The predicted octanol–water partition coefficient (Wildman–Crippen LogP) is 3.99. The first-order valence-electron chi connectivity index (χ1n) is 14.1. The van der Waals surface area contributed by atoms with Gasteiger partial charge in [-0.25, -0.2) is 4.68 Å². The van der Waals surface area contributed by atoms with Crippen molar-refractivity contribution in [3.05, 3.63) is 71.9 Å². The second kappa shape index (κ2) is 12.8. The average Bonchev–Trinajstić information content (AvgIpc) is 3.74. The van der Waals surface area contributed by atoms with Gasteiger partial charge in [0.25, 0.3) is 5.91 Å². The SMILES string of the molecule is O=C(O)CCC(NC(=O)c1cc(OCC2CC2)n(-c2ccccc2)n1)C(=O)N1CCN(c2cccc(C(F)(F)F)c2)CC1. The second-order valence-electron chi connectivity index (χ2n) is 10.7. The van der Waals surface area contributed by atoms with Crippen LogP contribution in [0.25, 0.3) is 5.69 Å². The number of aromatic nitrogens is 2. The van der Waals surface area contributed by atoms with E-state index in [9.17, 15) is 32.7 Å². The molecule has 1 atom stereocenters. The van der Waals surface area contributed by atoms with E-state index < -0.39 is 35.6 Å².